The van der Waals surface area contributed by atoms with Crippen molar-refractivity contribution in [2.75, 3.05) is 18.1 Å². The van der Waals surface area contributed by atoms with Gasteiger partial charge in [-0.3, -0.25) is 4.79 Å². The average Bonchev–Trinajstić information content (AvgIpc) is 2.30. The van der Waals surface area contributed by atoms with Crippen LogP contribution in [0, 0.1) is 0 Å². The van der Waals surface area contributed by atoms with Crippen LogP contribution in [0.25, 0.3) is 0 Å². The first-order chi connectivity index (χ1) is 8.06. The molecule has 0 saturated heterocycles. The van der Waals surface area contributed by atoms with Crippen molar-refractivity contribution in [1.82, 2.24) is 9.55 Å². The zero-order valence-electron chi connectivity index (χ0n) is 10.9. The fourth-order valence-electron chi connectivity index (χ4n) is 1.46. The lowest BCUT2D eigenvalue weighted by atomic mass is 10.3. The van der Waals surface area contributed by atoms with Gasteiger partial charge in [0.05, 0.1) is 0 Å². The number of thioether (sulfide) groups is 1. The second-order valence-electron chi connectivity index (χ2n) is 4.34. The third-order valence-corrected chi connectivity index (χ3v) is 3.71. The molecule has 0 spiro atoms. The molecule has 4 nitrogen and oxygen atoms in total. The number of hydrogen-bond acceptors (Lipinski definition) is 4. The molecule has 1 aromatic rings. The van der Waals surface area contributed by atoms with E-state index < -0.39 is 0 Å². The van der Waals surface area contributed by atoms with Gasteiger partial charge in [-0.25, -0.2) is 4.98 Å². The molecule has 0 aromatic carbocycles. The minimum atomic E-state index is -0.0423. The second-order valence-corrected chi connectivity index (χ2v) is 5.62. The van der Waals surface area contributed by atoms with E-state index in [0.717, 1.165) is 13.0 Å². The summed E-state index contributed by atoms with van der Waals surface area (Å²) < 4.78 is 1.69. The molecule has 1 aromatic heterocycles. The lowest BCUT2D eigenvalue weighted by Gasteiger charge is -2.12. The van der Waals surface area contributed by atoms with Crippen molar-refractivity contribution in [3.8, 4) is 0 Å². The van der Waals surface area contributed by atoms with Gasteiger partial charge in [0.25, 0.3) is 5.56 Å². The van der Waals surface area contributed by atoms with Crippen LogP contribution in [0.4, 0.5) is 5.82 Å². The van der Waals surface area contributed by atoms with Crippen molar-refractivity contribution in [3.63, 3.8) is 0 Å². The fourth-order valence-corrected chi connectivity index (χ4v) is 1.82. The first kappa shape index (κ1) is 14.1. The molecule has 0 bridgehead atoms. The number of rotatable bonds is 6. The lowest BCUT2D eigenvalue weighted by Crippen LogP contribution is -2.26. The minimum Gasteiger partial charge on any atom is -0.365 e. The van der Waals surface area contributed by atoms with Crippen LogP contribution in [-0.2, 0) is 0 Å². The zero-order chi connectivity index (χ0) is 12.8. The molecule has 0 radical (unpaired) electrons. The third-order valence-electron chi connectivity index (χ3n) is 2.67. The van der Waals surface area contributed by atoms with Crippen molar-refractivity contribution >= 4 is 17.6 Å². The molecule has 17 heavy (non-hydrogen) atoms. The Morgan fingerprint density at radius 1 is 1.47 bits per heavy atom. The van der Waals surface area contributed by atoms with Crippen LogP contribution in [-0.4, -0.2) is 27.6 Å². The Labute approximate surface area is 107 Å². The summed E-state index contributed by atoms with van der Waals surface area (Å²) in [5.41, 5.74) is -0.0423. The summed E-state index contributed by atoms with van der Waals surface area (Å²) in [5.74, 6) is 0.453. The van der Waals surface area contributed by atoms with Crippen LogP contribution in [0.15, 0.2) is 17.2 Å². The standard InChI is InChI=1S/C12H21N3OS/c1-9(2)15-8-7-14-11(12(15)16)13-6-5-10(3)17-4/h7-10H,5-6H2,1-4H3,(H,13,14). The van der Waals surface area contributed by atoms with E-state index in [4.69, 9.17) is 0 Å². The summed E-state index contributed by atoms with van der Waals surface area (Å²) >= 11 is 1.83. The Kier molecular flexibility index (Phi) is 5.55. The number of aromatic nitrogens is 2. The molecular weight excluding hydrogens is 234 g/mol. The van der Waals surface area contributed by atoms with Crippen LogP contribution in [0.3, 0.4) is 0 Å². The minimum absolute atomic E-state index is 0.0423. The molecule has 0 aliphatic rings. The van der Waals surface area contributed by atoms with Crippen LogP contribution in [0.2, 0.25) is 0 Å². The van der Waals surface area contributed by atoms with Gasteiger partial charge in [-0.15, -0.1) is 0 Å². The van der Waals surface area contributed by atoms with Gasteiger partial charge in [0.1, 0.15) is 0 Å². The number of nitrogens with one attached hydrogen (secondary N) is 1. The van der Waals surface area contributed by atoms with E-state index in [1.165, 1.54) is 0 Å². The van der Waals surface area contributed by atoms with Crippen LogP contribution >= 0.6 is 11.8 Å². The highest BCUT2D eigenvalue weighted by atomic mass is 32.2. The van der Waals surface area contributed by atoms with Crippen molar-refractivity contribution in [2.24, 2.45) is 0 Å². The Morgan fingerprint density at radius 2 is 2.18 bits per heavy atom. The molecule has 1 atom stereocenters. The lowest BCUT2D eigenvalue weighted by molar-refractivity contribution is 0.575. The molecule has 96 valence electrons. The van der Waals surface area contributed by atoms with Gasteiger partial charge in [-0.05, 0) is 26.5 Å². The van der Waals surface area contributed by atoms with Gasteiger partial charge < -0.3 is 9.88 Å². The van der Waals surface area contributed by atoms with E-state index in [-0.39, 0.29) is 11.6 Å². The molecule has 0 aliphatic heterocycles. The van der Waals surface area contributed by atoms with Gasteiger partial charge in [0.2, 0.25) is 0 Å². The van der Waals surface area contributed by atoms with E-state index in [1.807, 2.05) is 25.6 Å². The van der Waals surface area contributed by atoms with E-state index in [0.29, 0.717) is 11.1 Å². The molecule has 0 fully saturated rings. The predicted octanol–water partition coefficient (Wildman–Crippen LogP) is 2.38. The maximum Gasteiger partial charge on any atom is 0.293 e. The van der Waals surface area contributed by atoms with Gasteiger partial charge in [-0.1, -0.05) is 6.92 Å². The van der Waals surface area contributed by atoms with E-state index in [2.05, 4.69) is 23.5 Å². The predicted molar refractivity (Wildman–Crippen MR) is 75.0 cm³/mol. The number of hydrogen-bond donors (Lipinski definition) is 1. The first-order valence-electron chi connectivity index (χ1n) is 5.90. The summed E-state index contributed by atoms with van der Waals surface area (Å²) in [6.07, 6.45) is 6.51. The Morgan fingerprint density at radius 3 is 2.76 bits per heavy atom. The van der Waals surface area contributed by atoms with Crippen molar-refractivity contribution in [1.29, 1.82) is 0 Å². The average molecular weight is 255 g/mol. The van der Waals surface area contributed by atoms with E-state index in [1.54, 1.807) is 17.0 Å². The highest BCUT2D eigenvalue weighted by Crippen LogP contribution is 2.09. The summed E-state index contributed by atoms with van der Waals surface area (Å²) in [4.78, 5) is 16.1. The molecule has 5 heteroatoms. The molecule has 0 aliphatic carbocycles. The van der Waals surface area contributed by atoms with Crippen molar-refractivity contribution in [2.45, 2.75) is 38.5 Å². The maximum absolute atomic E-state index is 12.0. The fraction of sp³-hybridized carbons (Fsp3) is 0.667. The Bertz CT molecular complexity index is 403. The highest BCUT2D eigenvalue weighted by Gasteiger charge is 2.07. The molecule has 1 unspecified atom stereocenters. The summed E-state index contributed by atoms with van der Waals surface area (Å²) in [7, 11) is 0. The topological polar surface area (TPSA) is 46.9 Å². The summed E-state index contributed by atoms with van der Waals surface area (Å²) in [6.45, 7) is 6.94. The van der Waals surface area contributed by atoms with Gasteiger partial charge in [-0.2, -0.15) is 11.8 Å². The zero-order valence-corrected chi connectivity index (χ0v) is 11.8. The summed E-state index contributed by atoms with van der Waals surface area (Å²) in [5, 5.41) is 3.71. The maximum atomic E-state index is 12.0. The number of nitrogens with zero attached hydrogens (tertiary/aromatic N) is 2. The van der Waals surface area contributed by atoms with Gasteiger partial charge in [0, 0.05) is 30.2 Å². The smallest absolute Gasteiger partial charge is 0.293 e. The quantitative estimate of drug-likeness (QED) is 0.848. The van der Waals surface area contributed by atoms with E-state index >= 15 is 0 Å². The molecule has 1 heterocycles. The molecule has 1 N–H and O–H groups in total. The van der Waals surface area contributed by atoms with E-state index in [9.17, 15) is 4.79 Å². The molecule has 1 rings (SSSR count). The second kappa shape index (κ2) is 6.69. The van der Waals surface area contributed by atoms with Crippen molar-refractivity contribution < 1.29 is 0 Å². The van der Waals surface area contributed by atoms with Gasteiger partial charge >= 0.3 is 0 Å². The van der Waals surface area contributed by atoms with Crippen LogP contribution in [0.5, 0.6) is 0 Å². The molecular formula is C12H21N3OS. The normalized spacial score (nSPS) is 12.8. The highest BCUT2D eigenvalue weighted by molar-refractivity contribution is 7.99. The van der Waals surface area contributed by atoms with Crippen LogP contribution < -0.4 is 10.9 Å². The largest absolute Gasteiger partial charge is 0.365 e. The molecule has 0 saturated carbocycles. The third kappa shape index (κ3) is 4.07. The monoisotopic (exact) mass is 255 g/mol. The van der Waals surface area contributed by atoms with Crippen LogP contribution in [0.1, 0.15) is 33.2 Å². The first-order valence-corrected chi connectivity index (χ1v) is 7.18. The Balaban J connectivity index is 2.66. The van der Waals surface area contributed by atoms with Gasteiger partial charge in [0.15, 0.2) is 5.82 Å². The number of anilines is 1. The summed E-state index contributed by atoms with van der Waals surface area (Å²) in [6, 6.07) is 0.163. The molecule has 0 amide bonds. The SMILES string of the molecule is CSC(C)CCNc1nccn(C(C)C)c1=O. The Hall–Kier alpha value is -0.970. The van der Waals surface area contributed by atoms with Crippen molar-refractivity contribution in [3.05, 3.63) is 22.7 Å².